The third-order valence-corrected chi connectivity index (χ3v) is 7.93. The van der Waals surface area contributed by atoms with Crippen molar-refractivity contribution in [3.8, 4) is 11.5 Å². The molecule has 2 heterocycles. The summed E-state index contributed by atoms with van der Waals surface area (Å²) in [4.78, 5) is 24.8. The van der Waals surface area contributed by atoms with Crippen molar-refractivity contribution in [1.82, 2.24) is 4.31 Å². The summed E-state index contributed by atoms with van der Waals surface area (Å²) in [5.41, 5.74) is 1.54. The van der Waals surface area contributed by atoms with Crippen molar-refractivity contribution >= 4 is 33.2 Å². The van der Waals surface area contributed by atoms with Crippen LogP contribution in [0, 0.1) is 12.8 Å². The van der Waals surface area contributed by atoms with E-state index in [1.54, 1.807) is 51.3 Å². The van der Waals surface area contributed by atoms with Crippen molar-refractivity contribution in [3.63, 3.8) is 0 Å². The number of sulfonamides is 1. The zero-order valence-corrected chi connectivity index (χ0v) is 19.6. The third-order valence-electron chi connectivity index (χ3n) is 5.92. The van der Waals surface area contributed by atoms with Gasteiger partial charge in [-0.2, -0.15) is 4.31 Å². The molecule has 0 spiro atoms. The Morgan fingerprint density at radius 3 is 2.82 bits per heavy atom. The molecule has 0 aliphatic carbocycles. The number of carbonyl (C=O) groups excluding carboxylic acids is 2. The summed E-state index contributed by atoms with van der Waals surface area (Å²) in [5, 5.41) is 5.59. The van der Waals surface area contributed by atoms with Crippen LogP contribution in [0.15, 0.2) is 41.3 Å². The number of fused-ring (bicyclic) bond motifs is 1. The first-order chi connectivity index (χ1) is 15.7. The maximum absolute atomic E-state index is 13.5. The van der Waals surface area contributed by atoms with Crippen molar-refractivity contribution < 1.29 is 27.5 Å². The van der Waals surface area contributed by atoms with Gasteiger partial charge >= 0.3 is 0 Å². The molecule has 1 fully saturated rings. The van der Waals surface area contributed by atoms with Crippen molar-refractivity contribution in [2.75, 3.05) is 30.8 Å². The zero-order chi connectivity index (χ0) is 23.8. The fourth-order valence-electron chi connectivity index (χ4n) is 4.08. The summed E-state index contributed by atoms with van der Waals surface area (Å²) in [6.45, 7) is 3.69. The van der Waals surface area contributed by atoms with Crippen LogP contribution in [0.3, 0.4) is 0 Å². The molecule has 0 bridgehead atoms. The van der Waals surface area contributed by atoms with E-state index < -0.39 is 22.0 Å². The van der Waals surface area contributed by atoms with Crippen molar-refractivity contribution in [3.05, 3.63) is 42.0 Å². The van der Waals surface area contributed by atoms with Gasteiger partial charge in [0.1, 0.15) is 11.5 Å². The average Bonchev–Trinajstić information content (AvgIpc) is 2.80. The number of carbonyl (C=O) groups is 2. The van der Waals surface area contributed by atoms with Gasteiger partial charge in [0.15, 0.2) is 6.10 Å². The normalized spacial score (nSPS) is 20.9. The molecule has 1 saturated heterocycles. The van der Waals surface area contributed by atoms with Gasteiger partial charge in [-0.05, 0) is 50.5 Å². The summed E-state index contributed by atoms with van der Waals surface area (Å²) < 4.78 is 39.1. The van der Waals surface area contributed by atoms with E-state index in [4.69, 9.17) is 9.47 Å². The summed E-state index contributed by atoms with van der Waals surface area (Å²) in [6.07, 6.45) is 0.455. The topological polar surface area (TPSA) is 114 Å². The number of methoxy groups -OCH3 is 1. The number of amides is 2. The first-order valence-corrected chi connectivity index (χ1v) is 12.2. The lowest BCUT2D eigenvalue weighted by molar-refractivity contribution is -0.123. The molecule has 176 valence electrons. The number of ether oxygens (including phenoxy) is 2. The number of aryl methyl sites for hydroxylation is 1. The van der Waals surface area contributed by atoms with Crippen LogP contribution >= 0.6 is 0 Å². The zero-order valence-electron chi connectivity index (χ0n) is 18.8. The molecule has 2 N–H and O–H groups in total. The van der Waals surface area contributed by atoms with Crippen LogP contribution in [0.4, 0.5) is 11.4 Å². The molecular formula is C23H27N3O6S. The lowest BCUT2D eigenvalue weighted by atomic mass is 9.98. The Kier molecular flexibility index (Phi) is 6.31. The molecule has 33 heavy (non-hydrogen) atoms. The number of nitrogens with zero attached hydrogens (tertiary/aromatic N) is 1. The summed E-state index contributed by atoms with van der Waals surface area (Å²) in [6, 6.07) is 10.1. The van der Waals surface area contributed by atoms with Crippen LogP contribution in [0.5, 0.6) is 11.5 Å². The fourth-order valence-corrected chi connectivity index (χ4v) is 5.83. The highest BCUT2D eigenvalue weighted by Crippen LogP contribution is 2.36. The Balaban J connectivity index is 1.53. The smallest absolute Gasteiger partial charge is 0.265 e. The van der Waals surface area contributed by atoms with Gasteiger partial charge in [-0.3, -0.25) is 9.59 Å². The summed E-state index contributed by atoms with van der Waals surface area (Å²) in [7, 11) is -2.32. The maximum Gasteiger partial charge on any atom is 0.265 e. The Bertz CT molecular complexity index is 1200. The largest absolute Gasteiger partial charge is 0.497 e. The summed E-state index contributed by atoms with van der Waals surface area (Å²) in [5.74, 6) is -0.0521. The molecule has 2 amide bonds. The van der Waals surface area contributed by atoms with Gasteiger partial charge in [0.05, 0.1) is 23.6 Å². The molecule has 2 aliphatic heterocycles. The van der Waals surface area contributed by atoms with Crippen LogP contribution < -0.4 is 20.1 Å². The molecule has 2 aromatic rings. The molecule has 0 saturated carbocycles. The second kappa shape index (κ2) is 9.03. The van der Waals surface area contributed by atoms with Crippen molar-refractivity contribution in [2.45, 2.75) is 37.7 Å². The molecule has 2 aromatic carbocycles. The predicted octanol–water partition coefficient (Wildman–Crippen LogP) is 2.76. The van der Waals surface area contributed by atoms with E-state index in [-0.39, 0.29) is 23.3 Å². The van der Waals surface area contributed by atoms with Crippen molar-refractivity contribution in [1.29, 1.82) is 0 Å². The van der Waals surface area contributed by atoms with Gasteiger partial charge in [0, 0.05) is 30.9 Å². The van der Waals surface area contributed by atoms with Gasteiger partial charge < -0.3 is 20.1 Å². The predicted molar refractivity (Wildman–Crippen MR) is 123 cm³/mol. The Morgan fingerprint density at radius 2 is 2.06 bits per heavy atom. The molecule has 4 rings (SSSR count). The second-order valence-corrected chi connectivity index (χ2v) is 10.2. The van der Waals surface area contributed by atoms with Crippen molar-refractivity contribution in [2.24, 2.45) is 5.92 Å². The number of hydrogen-bond donors (Lipinski definition) is 2. The SMILES string of the molecule is COc1cccc(NC(=O)[C@H]2CCCN(S(=O)(=O)c3cc4c(cc3C)NC(=O)[C@H](C)O4)C2)c1. The van der Waals surface area contributed by atoms with Crippen LogP contribution in [0.2, 0.25) is 0 Å². The molecule has 0 unspecified atom stereocenters. The Labute approximate surface area is 193 Å². The minimum absolute atomic E-state index is 0.0860. The van der Waals surface area contributed by atoms with Crippen LogP contribution in [-0.2, 0) is 19.6 Å². The second-order valence-electron chi connectivity index (χ2n) is 8.29. The quantitative estimate of drug-likeness (QED) is 0.690. The van der Waals surface area contributed by atoms with Crippen LogP contribution in [0.25, 0.3) is 0 Å². The van der Waals surface area contributed by atoms with Gasteiger partial charge in [-0.1, -0.05) is 6.07 Å². The van der Waals surface area contributed by atoms with E-state index in [0.717, 1.165) is 0 Å². The first kappa shape index (κ1) is 23.1. The summed E-state index contributed by atoms with van der Waals surface area (Å²) >= 11 is 0. The van der Waals surface area contributed by atoms with E-state index in [1.807, 2.05) is 0 Å². The van der Waals surface area contributed by atoms with Crippen LogP contribution in [-0.4, -0.2) is 50.8 Å². The number of piperidine rings is 1. The number of benzene rings is 2. The Morgan fingerprint density at radius 1 is 1.27 bits per heavy atom. The Hall–Kier alpha value is -3.11. The van der Waals surface area contributed by atoms with Gasteiger partial charge in [-0.25, -0.2) is 8.42 Å². The fraction of sp³-hybridized carbons (Fsp3) is 0.391. The van der Waals surface area contributed by atoms with E-state index >= 15 is 0 Å². The molecule has 0 radical (unpaired) electrons. The highest BCUT2D eigenvalue weighted by Gasteiger charge is 2.35. The maximum atomic E-state index is 13.5. The van der Waals surface area contributed by atoms with E-state index in [1.165, 1.54) is 10.4 Å². The molecule has 2 aliphatic rings. The van der Waals surface area contributed by atoms with Gasteiger partial charge in [0.25, 0.3) is 5.91 Å². The standard InChI is InChI=1S/C23H27N3O6S/c1-14-10-19-20(32-15(2)22(27)25-19)12-21(14)33(29,30)26-9-5-6-16(13-26)23(28)24-17-7-4-8-18(11-17)31-3/h4,7-8,10-12,15-16H,5-6,9,13H2,1-3H3,(H,24,28)(H,25,27)/t15-,16-/m0/s1. The van der Waals surface area contributed by atoms with Crippen LogP contribution in [0.1, 0.15) is 25.3 Å². The van der Waals surface area contributed by atoms with E-state index in [0.29, 0.717) is 47.8 Å². The van der Waals surface area contributed by atoms with E-state index in [9.17, 15) is 18.0 Å². The molecule has 0 aromatic heterocycles. The lowest BCUT2D eigenvalue weighted by Crippen LogP contribution is -2.44. The number of rotatable bonds is 5. The minimum atomic E-state index is -3.87. The molecule has 10 heteroatoms. The van der Waals surface area contributed by atoms with E-state index in [2.05, 4.69) is 10.6 Å². The minimum Gasteiger partial charge on any atom is -0.497 e. The third kappa shape index (κ3) is 4.67. The highest BCUT2D eigenvalue weighted by atomic mass is 32.2. The number of nitrogens with one attached hydrogen (secondary N) is 2. The molecular weight excluding hydrogens is 446 g/mol. The van der Waals surface area contributed by atoms with Gasteiger partial charge in [-0.15, -0.1) is 0 Å². The number of anilines is 2. The number of hydrogen-bond acceptors (Lipinski definition) is 6. The van der Waals surface area contributed by atoms with Gasteiger partial charge in [0.2, 0.25) is 15.9 Å². The molecule has 2 atom stereocenters. The lowest BCUT2D eigenvalue weighted by Gasteiger charge is -2.32. The monoisotopic (exact) mass is 473 g/mol. The average molecular weight is 474 g/mol. The first-order valence-electron chi connectivity index (χ1n) is 10.8. The highest BCUT2D eigenvalue weighted by molar-refractivity contribution is 7.89. The molecule has 9 nitrogen and oxygen atoms in total.